The lowest BCUT2D eigenvalue weighted by Gasteiger charge is -2.32. The zero-order chi connectivity index (χ0) is 13.7. The average Bonchev–Trinajstić information content (AvgIpc) is 2.48. The topological polar surface area (TPSA) is 33.1 Å². The summed E-state index contributed by atoms with van der Waals surface area (Å²) in [6.45, 7) is 2.20. The zero-order valence-corrected chi connectivity index (χ0v) is 11.8. The van der Waals surface area contributed by atoms with Gasteiger partial charge in [0.25, 0.3) is 0 Å². The van der Waals surface area contributed by atoms with Gasteiger partial charge in [-0.05, 0) is 30.0 Å². The van der Waals surface area contributed by atoms with Crippen LogP contribution in [0.1, 0.15) is 24.5 Å². The van der Waals surface area contributed by atoms with E-state index in [1.54, 1.807) is 12.4 Å². The van der Waals surface area contributed by atoms with E-state index in [9.17, 15) is 5.11 Å². The Morgan fingerprint density at radius 1 is 1.21 bits per heavy atom. The third-order valence-corrected chi connectivity index (χ3v) is 4.09. The highest BCUT2D eigenvalue weighted by Crippen LogP contribution is 2.33. The van der Waals surface area contributed by atoms with E-state index in [-0.39, 0.29) is 12.0 Å². The Hall–Kier alpha value is -1.38. The van der Waals surface area contributed by atoms with E-state index < -0.39 is 0 Å². The van der Waals surface area contributed by atoms with Crippen LogP contribution in [-0.2, 0) is 11.8 Å². The van der Waals surface area contributed by atoms with Gasteiger partial charge in [-0.15, -0.1) is 0 Å². The SMILES string of the molecule is CCC(CO)(Cc1ccncc1Cl)c1ccccc1. The second-order valence-electron chi connectivity index (χ2n) is 4.80. The minimum atomic E-state index is -0.285. The molecule has 1 atom stereocenters. The Bertz CT molecular complexity index is 523. The van der Waals surface area contributed by atoms with Crippen LogP contribution in [0, 0.1) is 0 Å². The molecule has 0 radical (unpaired) electrons. The van der Waals surface area contributed by atoms with E-state index in [0.717, 1.165) is 17.5 Å². The van der Waals surface area contributed by atoms with Gasteiger partial charge >= 0.3 is 0 Å². The van der Waals surface area contributed by atoms with Gasteiger partial charge in [-0.3, -0.25) is 4.98 Å². The molecule has 0 saturated carbocycles. The quantitative estimate of drug-likeness (QED) is 0.904. The van der Waals surface area contributed by atoms with Crippen LogP contribution in [0.5, 0.6) is 0 Å². The smallest absolute Gasteiger partial charge is 0.0621 e. The molecule has 0 aliphatic rings. The fraction of sp³-hybridized carbons (Fsp3) is 0.312. The Labute approximate surface area is 119 Å². The minimum absolute atomic E-state index is 0.103. The summed E-state index contributed by atoms with van der Waals surface area (Å²) in [4.78, 5) is 4.00. The molecule has 0 aliphatic heterocycles. The van der Waals surface area contributed by atoms with Crippen LogP contribution in [0.4, 0.5) is 0 Å². The number of halogens is 1. The van der Waals surface area contributed by atoms with Crippen molar-refractivity contribution >= 4 is 11.6 Å². The van der Waals surface area contributed by atoms with Crippen LogP contribution >= 0.6 is 11.6 Å². The van der Waals surface area contributed by atoms with Gasteiger partial charge < -0.3 is 5.11 Å². The van der Waals surface area contributed by atoms with Gasteiger partial charge in [-0.1, -0.05) is 48.9 Å². The summed E-state index contributed by atoms with van der Waals surface area (Å²) >= 11 is 6.19. The number of benzene rings is 1. The molecule has 0 spiro atoms. The van der Waals surface area contributed by atoms with Crippen LogP contribution < -0.4 is 0 Å². The molecule has 1 heterocycles. The van der Waals surface area contributed by atoms with Crippen molar-refractivity contribution in [2.24, 2.45) is 0 Å². The summed E-state index contributed by atoms with van der Waals surface area (Å²) < 4.78 is 0. The summed E-state index contributed by atoms with van der Waals surface area (Å²) in [6.07, 6.45) is 4.96. The summed E-state index contributed by atoms with van der Waals surface area (Å²) in [5.74, 6) is 0. The van der Waals surface area contributed by atoms with Gasteiger partial charge in [0.2, 0.25) is 0 Å². The Balaban J connectivity index is 2.38. The molecular formula is C16H18ClNO. The van der Waals surface area contributed by atoms with Crippen molar-refractivity contribution in [2.75, 3.05) is 6.61 Å². The largest absolute Gasteiger partial charge is 0.395 e. The van der Waals surface area contributed by atoms with Crippen LogP contribution in [0.2, 0.25) is 5.02 Å². The molecule has 0 amide bonds. The lowest BCUT2D eigenvalue weighted by atomic mass is 9.74. The Morgan fingerprint density at radius 3 is 2.53 bits per heavy atom. The van der Waals surface area contributed by atoms with E-state index in [1.807, 2.05) is 24.3 Å². The molecule has 2 aromatic rings. The highest BCUT2D eigenvalue weighted by molar-refractivity contribution is 6.31. The van der Waals surface area contributed by atoms with Crippen molar-refractivity contribution in [3.05, 3.63) is 64.9 Å². The third-order valence-electron chi connectivity index (χ3n) is 3.75. The van der Waals surface area contributed by atoms with Crippen molar-refractivity contribution in [3.63, 3.8) is 0 Å². The van der Waals surface area contributed by atoms with Crippen molar-refractivity contribution in [2.45, 2.75) is 25.2 Å². The number of pyridine rings is 1. The van der Waals surface area contributed by atoms with Crippen LogP contribution in [0.15, 0.2) is 48.8 Å². The molecular weight excluding hydrogens is 258 g/mol. The molecule has 3 heteroatoms. The molecule has 0 saturated heterocycles. The van der Waals surface area contributed by atoms with Crippen molar-refractivity contribution in [3.8, 4) is 0 Å². The van der Waals surface area contributed by atoms with Crippen LogP contribution in [-0.4, -0.2) is 16.7 Å². The maximum Gasteiger partial charge on any atom is 0.0621 e. The van der Waals surface area contributed by atoms with Gasteiger partial charge in [-0.25, -0.2) is 0 Å². The molecule has 0 fully saturated rings. The second-order valence-corrected chi connectivity index (χ2v) is 5.21. The number of aliphatic hydroxyl groups is 1. The highest BCUT2D eigenvalue weighted by Gasteiger charge is 2.30. The molecule has 19 heavy (non-hydrogen) atoms. The van der Waals surface area contributed by atoms with E-state index in [2.05, 4.69) is 24.0 Å². The number of aliphatic hydroxyl groups excluding tert-OH is 1. The Kier molecular flexibility index (Phi) is 4.56. The standard InChI is InChI=1S/C16H18ClNO/c1-2-16(12-19,14-6-4-3-5-7-14)10-13-8-9-18-11-15(13)17/h3-9,11,19H,2,10,12H2,1H3. The monoisotopic (exact) mass is 275 g/mol. The second kappa shape index (κ2) is 6.18. The fourth-order valence-electron chi connectivity index (χ4n) is 2.39. The number of nitrogens with zero attached hydrogens (tertiary/aromatic N) is 1. The average molecular weight is 276 g/mol. The maximum atomic E-state index is 9.92. The molecule has 1 aromatic heterocycles. The van der Waals surface area contributed by atoms with E-state index in [0.29, 0.717) is 11.4 Å². The predicted molar refractivity (Wildman–Crippen MR) is 78.4 cm³/mol. The lowest BCUT2D eigenvalue weighted by molar-refractivity contribution is 0.186. The first-order valence-corrected chi connectivity index (χ1v) is 6.84. The molecule has 100 valence electrons. The van der Waals surface area contributed by atoms with E-state index >= 15 is 0 Å². The zero-order valence-electron chi connectivity index (χ0n) is 11.0. The van der Waals surface area contributed by atoms with Crippen LogP contribution in [0.3, 0.4) is 0 Å². The summed E-state index contributed by atoms with van der Waals surface area (Å²) in [5.41, 5.74) is 1.89. The normalized spacial score (nSPS) is 14.1. The lowest BCUT2D eigenvalue weighted by Crippen LogP contribution is -2.32. The molecule has 1 aromatic carbocycles. The Morgan fingerprint density at radius 2 is 1.95 bits per heavy atom. The van der Waals surface area contributed by atoms with Gasteiger partial charge in [0.05, 0.1) is 11.6 Å². The van der Waals surface area contributed by atoms with E-state index in [4.69, 9.17) is 11.6 Å². The molecule has 1 unspecified atom stereocenters. The molecule has 2 nitrogen and oxygen atoms in total. The van der Waals surface area contributed by atoms with Crippen LogP contribution in [0.25, 0.3) is 0 Å². The number of rotatable bonds is 5. The van der Waals surface area contributed by atoms with Crippen molar-refractivity contribution in [1.29, 1.82) is 0 Å². The van der Waals surface area contributed by atoms with Gasteiger partial charge in [0.1, 0.15) is 0 Å². The van der Waals surface area contributed by atoms with Gasteiger partial charge in [-0.2, -0.15) is 0 Å². The highest BCUT2D eigenvalue weighted by atomic mass is 35.5. The summed E-state index contributed by atoms with van der Waals surface area (Å²) in [6, 6.07) is 12.0. The summed E-state index contributed by atoms with van der Waals surface area (Å²) in [5, 5.41) is 10.6. The third kappa shape index (κ3) is 2.96. The predicted octanol–water partition coefficient (Wildman–Crippen LogP) is 3.62. The summed E-state index contributed by atoms with van der Waals surface area (Å²) in [7, 11) is 0. The van der Waals surface area contributed by atoms with Gasteiger partial charge in [0.15, 0.2) is 0 Å². The minimum Gasteiger partial charge on any atom is -0.395 e. The number of hydrogen-bond donors (Lipinski definition) is 1. The molecule has 0 aliphatic carbocycles. The number of hydrogen-bond acceptors (Lipinski definition) is 2. The van der Waals surface area contributed by atoms with Crippen molar-refractivity contribution < 1.29 is 5.11 Å². The van der Waals surface area contributed by atoms with Gasteiger partial charge in [0, 0.05) is 17.8 Å². The first-order chi connectivity index (χ1) is 9.22. The molecule has 0 bridgehead atoms. The first-order valence-electron chi connectivity index (χ1n) is 6.46. The maximum absolute atomic E-state index is 9.92. The molecule has 2 rings (SSSR count). The fourth-order valence-corrected chi connectivity index (χ4v) is 2.58. The first kappa shape index (κ1) is 14.0. The van der Waals surface area contributed by atoms with Crippen molar-refractivity contribution in [1.82, 2.24) is 4.98 Å². The molecule has 1 N–H and O–H groups in total. The number of aromatic nitrogens is 1. The van der Waals surface area contributed by atoms with E-state index in [1.165, 1.54) is 0 Å².